The highest BCUT2D eigenvalue weighted by molar-refractivity contribution is 6.30. The Morgan fingerprint density at radius 3 is 2.58 bits per heavy atom. The molecule has 2 atom stereocenters. The van der Waals surface area contributed by atoms with Crippen LogP contribution in [-0.4, -0.2) is 47.2 Å². The van der Waals surface area contributed by atoms with Crippen molar-refractivity contribution in [2.45, 2.75) is 5.92 Å². The molecule has 1 N–H and O–H groups in total. The summed E-state index contributed by atoms with van der Waals surface area (Å²) in [6.45, 7) is 1.14. The van der Waals surface area contributed by atoms with Crippen LogP contribution in [0.4, 0.5) is 0 Å². The van der Waals surface area contributed by atoms with Crippen molar-refractivity contribution >= 4 is 17.5 Å². The van der Waals surface area contributed by atoms with Crippen LogP contribution in [0.3, 0.4) is 0 Å². The summed E-state index contributed by atoms with van der Waals surface area (Å²) in [5, 5.41) is 10.3. The van der Waals surface area contributed by atoms with Crippen molar-refractivity contribution in [2.24, 2.45) is 5.92 Å². The van der Waals surface area contributed by atoms with Crippen LogP contribution >= 0.6 is 11.6 Å². The molecule has 2 heterocycles. The fourth-order valence-corrected chi connectivity index (χ4v) is 3.14. The number of pyridine rings is 1. The molecule has 1 aliphatic rings. The third-order valence-corrected chi connectivity index (χ3v) is 4.59. The summed E-state index contributed by atoms with van der Waals surface area (Å²) in [4.78, 5) is 18.2. The smallest absolute Gasteiger partial charge is 0.260 e. The largest absolute Gasteiger partial charge is 0.484 e. The van der Waals surface area contributed by atoms with Gasteiger partial charge in [-0.15, -0.1) is 0 Å². The summed E-state index contributed by atoms with van der Waals surface area (Å²) in [7, 11) is 0. The number of carbonyl (C=O) groups is 1. The summed E-state index contributed by atoms with van der Waals surface area (Å²) in [6, 6.07) is 10.8. The number of halogens is 1. The molecular formula is C18H19ClN2O3. The van der Waals surface area contributed by atoms with Crippen LogP contribution in [0.15, 0.2) is 48.8 Å². The van der Waals surface area contributed by atoms with E-state index in [2.05, 4.69) is 4.98 Å². The zero-order valence-electron chi connectivity index (χ0n) is 13.1. The number of carbonyl (C=O) groups excluding carboxylic acids is 1. The normalized spacial score (nSPS) is 20.2. The molecule has 1 amide bonds. The van der Waals surface area contributed by atoms with E-state index >= 15 is 0 Å². The number of aromatic nitrogens is 1. The van der Waals surface area contributed by atoms with Gasteiger partial charge in [-0.25, -0.2) is 0 Å². The topological polar surface area (TPSA) is 62.7 Å². The lowest BCUT2D eigenvalue weighted by Crippen LogP contribution is -2.33. The Balaban J connectivity index is 1.60. The van der Waals surface area contributed by atoms with Crippen molar-refractivity contribution in [3.05, 3.63) is 59.4 Å². The maximum atomic E-state index is 12.4. The molecule has 0 unspecified atom stereocenters. The predicted molar refractivity (Wildman–Crippen MR) is 91.1 cm³/mol. The second-order valence-corrected chi connectivity index (χ2v) is 6.31. The van der Waals surface area contributed by atoms with Crippen LogP contribution in [-0.2, 0) is 4.79 Å². The maximum Gasteiger partial charge on any atom is 0.260 e. The average molecular weight is 347 g/mol. The molecular weight excluding hydrogens is 328 g/mol. The lowest BCUT2D eigenvalue weighted by molar-refractivity contribution is -0.132. The van der Waals surface area contributed by atoms with Gasteiger partial charge in [-0.1, -0.05) is 11.6 Å². The Morgan fingerprint density at radius 1 is 1.21 bits per heavy atom. The number of rotatable bonds is 5. The van der Waals surface area contributed by atoms with E-state index in [4.69, 9.17) is 16.3 Å². The van der Waals surface area contributed by atoms with E-state index in [1.54, 1.807) is 41.6 Å². The Bertz CT molecular complexity index is 678. The van der Waals surface area contributed by atoms with Crippen molar-refractivity contribution in [1.29, 1.82) is 0 Å². The van der Waals surface area contributed by atoms with Crippen LogP contribution in [0.25, 0.3) is 0 Å². The van der Waals surface area contributed by atoms with E-state index < -0.39 is 0 Å². The molecule has 1 aromatic carbocycles. The number of likely N-dealkylation sites (tertiary alicyclic amines) is 1. The van der Waals surface area contributed by atoms with Gasteiger partial charge < -0.3 is 14.7 Å². The SMILES string of the molecule is O=C(COc1ccc(Cl)cc1)N1C[C@@H](CO)[C@H](c2ccncc2)C1. The summed E-state index contributed by atoms with van der Waals surface area (Å²) in [6.07, 6.45) is 3.47. The van der Waals surface area contributed by atoms with Crippen LogP contribution in [0, 0.1) is 5.92 Å². The molecule has 1 aromatic heterocycles. The van der Waals surface area contributed by atoms with Gasteiger partial charge in [-0.3, -0.25) is 9.78 Å². The first-order valence-corrected chi connectivity index (χ1v) is 8.22. The first-order chi connectivity index (χ1) is 11.7. The van der Waals surface area contributed by atoms with E-state index in [1.807, 2.05) is 12.1 Å². The average Bonchev–Trinajstić information content (AvgIpc) is 3.06. The number of ether oxygens (including phenoxy) is 1. The molecule has 0 radical (unpaired) electrons. The van der Waals surface area contributed by atoms with E-state index in [-0.39, 0.29) is 31.0 Å². The van der Waals surface area contributed by atoms with Gasteiger partial charge >= 0.3 is 0 Å². The Labute approximate surface area is 145 Å². The molecule has 5 nitrogen and oxygen atoms in total. The Morgan fingerprint density at radius 2 is 1.92 bits per heavy atom. The van der Waals surface area contributed by atoms with Crippen LogP contribution in [0.2, 0.25) is 5.02 Å². The molecule has 3 rings (SSSR count). The van der Waals surface area contributed by atoms with Gasteiger partial charge in [0, 0.05) is 48.9 Å². The fourth-order valence-electron chi connectivity index (χ4n) is 3.02. The summed E-state index contributed by atoms with van der Waals surface area (Å²) in [5.74, 6) is 0.681. The molecule has 0 aliphatic carbocycles. The monoisotopic (exact) mass is 346 g/mol. The summed E-state index contributed by atoms with van der Waals surface area (Å²) >= 11 is 5.83. The van der Waals surface area contributed by atoms with E-state index in [9.17, 15) is 9.90 Å². The van der Waals surface area contributed by atoms with Gasteiger partial charge in [-0.05, 0) is 42.0 Å². The molecule has 1 saturated heterocycles. The zero-order chi connectivity index (χ0) is 16.9. The standard InChI is InChI=1S/C18H19ClN2O3/c19-15-1-3-16(4-2-15)24-12-18(23)21-9-14(11-22)17(10-21)13-5-7-20-8-6-13/h1-8,14,17,22H,9-12H2/t14-,17-/m0/s1. The quantitative estimate of drug-likeness (QED) is 0.902. The Hall–Kier alpha value is -2.11. The number of hydrogen-bond donors (Lipinski definition) is 1. The van der Waals surface area contributed by atoms with Gasteiger partial charge in [0.25, 0.3) is 5.91 Å². The predicted octanol–water partition coefficient (Wildman–Crippen LogP) is 2.35. The number of nitrogens with zero attached hydrogens (tertiary/aromatic N) is 2. The first-order valence-electron chi connectivity index (χ1n) is 7.84. The second kappa shape index (κ2) is 7.64. The number of benzene rings is 1. The highest BCUT2D eigenvalue weighted by atomic mass is 35.5. The minimum absolute atomic E-state index is 0.0250. The van der Waals surface area contributed by atoms with Gasteiger partial charge in [0.2, 0.25) is 0 Å². The Kier molecular flexibility index (Phi) is 5.33. The molecule has 0 spiro atoms. The van der Waals surface area contributed by atoms with Gasteiger partial charge in [0.15, 0.2) is 6.61 Å². The van der Waals surface area contributed by atoms with Gasteiger partial charge in [0.1, 0.15) is 5.75 Å². The third-order valence-electron chi connectivity index (χ3n) is 4.34. The maximum absolute atomic E-state index is 12.4. The van der Waals surface area contributed by atoms with Crippen LogP contribution < -0.4 is 4.74 Å². The molecule has 0 bridgehead atoms. The van der Waals surface area contributed by atoms with E-state index in [0.717, 1.165) is 5.56 Å². The van der Waals surface area contributed by atoms with Crippen molar-refractivity contribution in [1.82, 2.24) is 9.88 Å². The molecule has 6 heteroatoms. The number of aliphatic hydroxyl groups is 1. The minimum Gasteiger partial charge on any atom is -0.484 e. The second-order valence-electron chi connectivity index (χ2n) is 5.87. The van der Waals surface area contributed by atoms with Crippen molar-refractivity contribution in [2.75, 3.05) is 26.3 Å². The summed E-state index contributed by atoms with van der Waals surface area (Å²) < 4.78 is 5.52. The fraction of sp³-hybridized carbons (Fsp3) is 0.333. The molecule has 126 valence electrons. The number of amides is 1. The van der Waals surface area contributed by atoms with Gasteiger partial charge in [0.05, 0.1) is 0 Å². The number of aliphatic hydroxyl groups excluding tert-OH is 1. The van der Waals surface area contributed by atoms with Crippen LogP contribution in [0.5, 0.6) is 5.75 Å². The van der Waals surface area contributed by atoms with Crippen molar-refractivity contribution < 1.29 is 14.6 Å². The lowest BCUT2D eigenvalue weighted by atomic mass is 9.90. The molecule has 2 aromatic rings. The summed E-state index contributed by atoms with van der Waals surface area (Å²) in [5.41, 5.74) is 1.10. The molecule has 0 saturated carbocycles. The van der Waals surface area contributed by atoms with Crippen LogP contribution in [0.1, 0.15) is 11.5 Å². The lowest BCUT2D eigenvalue weighted by Gasteiger charge is -2.17. The molecule has 24 heavy (non-hydrogen) atoms. The highest BCUT2D eigenvalue weighted by Crippen LogP contribution is 2.32. The van der Waals surface area contributed by atoms with E-state index in [0.29, 0.717) is 23.9 Å². The van der Waals surface area contributed by atoms with Crippen molar-refractivity contribution in [3.63, 3.8) is 0 Å². The van der Waals surface area contributed by atoms with E-state index in [1.165, 1.54) is 0 Å². The zero-order valence-corrected chi connectivity index (χ0v) is 13.9. The highest BCUT2D eigenvalue weighted by Gasteiger charge is 2.35. The first kappa shape index (κ1) is 16.7. The van der Waals surface area contributed by atoms with Gasteiger partial charge in [-0.2, -0.15) is 0 Å². The minimum atomic E-state index is -0.0834. The number of hydrogen-bond acceptors (Lipinski definition) is 4. The third kappa shape index (κ3) is 3.86. The molecule has 1 aliphatic heterocycles. The molecule has 1 fully saturated rings. The van der Waals surface area contributed by atoms with Crippen molar-refractivity contribution in [3.8, 4) is 5.75 Å².